The molecule has 0 aliphatic carbocycles. The van der Waals surface area contributed by atoms with Gasteiger partial charge in [-0.15, -0.1) is 0 Å². The van der Waals surface area contributed by atoms with Crippen LogP contribution in [-0.2, 0) is 13.0 Å². The predicted octanol–water partition coefficient (Wildman–Crippen LogP) is 0.738. The minimum absolute atomic E-state index is 0.130. The third-order valence-electron chi connectivity index (χ3n) is 5.82. The van der Waals surface area contributed by atoms with E-state index >= 15 is 0 Å². The van der Waals surface area contributed by atoms with Crippen LogP contribution in [0, 0.1) is 0 Å². The zero-order chi connectivity index (χ0) is 21.6. The smallest absolute Gasteiger partial charge is 0.270 e. The number of rotatable bonds is 7. The molecule has 31 heavy (non-hydrogen) atoms. The first-order valence-electron chi connectivity index (χ1n) is 10.8. The highest BCUT2D eigenvalue weighted by Gasteiger charge is 2.25. The number of hydrogen-bond acceptors (Lipinski definition) is 7. The molecule has 2 unspecified atom stereocenters. The van der Waals surface area contributed by atoms with E-state index in [2.05, 4.69) is 49.0 Å². The van der Waals surface area contributed by atoms with Crippen LogP contribution in [0.15, 0.2) is 36.7 Å². The van der Waals surface area contributed by atoms with Gasteiger partial charge in [0.1, 0.15) is 24.0 Å². The number of carbonyl (C=O) groups is 1. The van der Waals surface area contributed by atoms with E-state index in [4.69, 9.17) is 0 Å². The van der Waals surface area contributed by atoms with Crippen molar-refractivity contribution in [3.63, 3.8) is 0 Å². The average Bonchev–Trinajstić information content (AvgIpc) is 2.79. The van der Waals surface area contributed by atoms with E-state index in [1.807, 2.05) is 6.07 Å². The SMILES string of the molecule is O=C(NC[C@H](O)CN1CCc2ccccc2C1)c1cc(NC2CCNCC2F)ncn1. The van der Waals surface area contributed by atoms with E-state index in [1.54, 1.807) is 0 Å². The maximum atomic E-state index is 14.0. The molecule has 9 heteroatoms. The van der Waals surface area contributed by atoms with Crippen LogP contribution in [0.5, 0.6) is 0 Å². The Kier molecular flexibility index (Phi) is 7.06. The van der Waals surface area contributed by atoms with Gasteiger partial charge in [-0.3, -0.25) is 9.69 Å². The monoisotopic (exact) mass is 428 g/mol. The highest BCUT2D eigenvalue weighted by molar-refractivity contribution is 5.92. The number of nitrogens with zero attached hydrogens (tertiary/aromatic N) is 3. The minimum Gasteiger partial charge on any atom is -0.390 e. The lowest BCUT2D eigenvalue weighted by molar-refractivity contribution is 0.0838. The molecule has 8 nitrogen and oxygen atoms in total. The molecular weight excluding hydrogens is 399 g/mol. The van der Waals surface area contributed by atoms with Crippen molar-refractivity contribution in [3.8, 4) is 0 Å². The Hall–Kier alpha value is -2.62. The molecule has 1 aromatic heterocycles. The van der Waals surface area contributed by atoms with Gasteiger partial charge < -0.3 is 21.1 Å². The Bertz CT molecular complexity index is 898. The number of fused-ring (bicyclic) bond motifs is 1. The molecule has 4 N–H and O–H groups in total. The lowest BCUT2D eigenvalue weighted by Gasteiger charge is -2.30. The molecule has 2 aromatic rings. The number of β-amino-alcohol motifs (C(OH)–C–C–N with tert-alkyl or cyclic N) is 1. The molecule has 1 fully saturated rings. The molecule has 2 aliphatic heterocycles. The summed E-state index contributed by atoms with van der Waals surface area (Å²) >= 11 is 0. The summed E-state index contributed by atoms with van der Waals surface area (Å²) in [4.78, 5) is 22.8. The molecule has 166 valence electrons. The van der Waals surface area contributed by atoms with Gasteiger partial charge in [-0.2, -0.15) is 0 Å². The van der Waals surface area contributed by atoms with Gasteiger partial charge in [-0.25, -0.2) is 14.4 Å². The van der Waals surface area contributed by atoms with Gasteiger partial charge in [0, 0.05) is 38.8 Å². The Morgan fingerprint density at radius 1 is 1.32 bits per heavy atom. The summed E-state index contributed by atoms with van der Waals surface area (Å²) in [6.45, 7) is 3.33. The van der Waals surface area contributed by atoms with E-state index in [1.165, 1.54) is 23.5 Å². The average molecular weight is 429 g/mol. The summed E-state index contributed by atoms with van der Waals surface area (Å²) < 4.78 is 14.0. The van der Waals surface area contributed by atoms with Crippen LogP contribution in [0.3, 0.4) is 0 Å². The number of halogens is 1. The number of hydrogen-bond donors (Lipinski definition) is 4. The van der Waals surface area contributed by atoms with Crippen molar-refractivity contribution in [3.05, 3.63) is 53.5 Å². The second-order valence-corrected chi connectivity index (χ2v) is 8.17. The summed E-state index contributed by atoms with van der Waals surface area (Å²) in [6, 6.07) is 9.51. The number of carbonyl (C=O) groups excluding carboxylic acids is 1. The lowest BCUT2D eigenvalue weighted by atomic mass is 10.00. The van der Waals surface area contributed by atoms with Crippen LogP contribution in [0.4, 0.5) is 10.2 Å². The summed E-state index contributed by atoms with van der Waals surface area (Å²) in [7, 11) is 0. The number of aliphatic hydroxyl groups excluding tert-OH is 1. The first-order chi connectivity index (χ1) is 15.1. The molecule has 1 amide bonds. The zero-order valence-corrected chi connectivity index (χ0v) is 17.4. The molecule has 0 radical (unpaired) electrons. The highest BCUT2D eigenvalue weighted by Crippen LogP contribution is 2.18. The molecule has 1 aromatic carbocycles. The molecule has 0 spiro atoms. The van der Waals surface area contributed by atoms with Gasteiger partial charge in [0.05, 0.1) is 12.1 Å². The standard InChI is InChI=1S/C22H29FN6O2/c23-18-11-24-7-5-19(18)28-21-9-20(26-14-27-21)22(31)25-10-17(30)13-29-8-6-15-3-1-2-4-16(15)12-29/h1-4,9,14,17-19,24,30H,5-8,10-13H2,(H,25,31)(H,26,27,28)/t17-,18?,19?/m0/s1. The van der Waals surface area contributed by atoms with Crippen molar-refractivity contribution >= 4 is 11.7 Å². The summed E-state index contributed by atoms with van der Waals surface area (Å²) in [5.41, 5.74) is 2.83. The number of anilines is 1. The van der Waals surface area contributed by atoms with E-state index in [-0.39, 0.29) is 18.3 Å². The van der Waals surface area contributed by atoms with E-state index in [0.29, 0.717) is 25.3 Å². The maximum absolute atomic E-state index is 14.0. The molecule has 4 rings (SSSR count). The highest BCUT2D eigenvalue weighted by atomic mass is 19.1. The Morgan fingerprint density at radius 2 is 2.16 bits per heavy atom. The summed E-state index contributed by atoms with van der Waals surface area (Å²) in [6.07, 6.45) is 1.18. The topological polar surface area (TPSA) is 102 Å². The summed E-state index contributed by atoms with van der Waals surface area (Å²) in [5.74, 6) is 0.0258. The number of aliphatic hydroxyl groups is 1. The van der Waals surface area contributed by atoms with E-state index in [0.717, 1.165) is 26.1 Å². The van der Waals surface area contributed by atoms with Crippen LogP contribution in [0.1, 0.15) is 28.0 Å². The van der Waals surface area contributed by atoms with Crippen molar-refractivity contribution < 1.29 is 14.3 Å². The summed E-state index contributed by atoms with van der Waals surface area (Å²) in [5, 5.41) is 19.2. The Morgan fingerprint density at radius 3 is 3.00 bits per heavy atom. The maximum Gasteiger partial charge on any atom is 0.270 e. The second kappa shape index (κ2) is 10.1. The quantitative estimate of drug-likeness (QED) is 0.516. The molecule has 0 saturated carbocycles. The molecule has 1 saturated heterocycles. The van der Waals surface area contributed by atoms with Crippen molar-refractivity contribution in [1.82, 2.24) is 25.5 Å². The van der Waals surface area contributed by atoms with Crippen LogP contribution < -0.4 is 16.0 Å². The fourth-order valence-electron chi connectivity index (χ4n) is 4.11. The van der Waals surface area contributed by atoms with E-state index < -0.39 is 18.2 Å². The first kappa shape index (κ1) is 21.6. The third-order valence-corrected chi connectivity index (χ3v) is 5.82. The number of aromatic nitrogens is 2. The first-order valence-corrected chi connectivity index (χ1v) is 10.8. The van der Waals surface area contributed by atoms with Gasteiger partial charge in [-0.1, -0.05) is 24.3 Å². The van der Waals surface area contributed by atoms with E-state index in [9.17, 15) is 14.3 Å². The third kappa shape index (κ3) is 5.75. The Balaban J connectivity index is 1.26. The van der Waals surface area contributed by atoms with Crippen molar-refractivity contribution in [1.29, 1.82) is 0 Å². The molecule has 0 bridgehead atoms. The molecular formula is C22H29FN6O2. The van der Waals surface area contributed by atoms with Gasteiger partial charge in [0.25, 0.3) is 5.91 Å². The van der Waals surface area contributed by atoms with Crippen molar-refractivity contribution in [2.75, 3.05) is 38.0 Å². The molecule has 2 aliphatic rings. The molecule has 3 atom stereocenters. The largest absolute Gasteiger partial charge is 0.390 e. The van der Waals surface area contributed by atoms with Crippen LogP contribution in [0.2, 0.25) is 0 Å². The lowest BCUT2D eigenvalue weighted by Crippen LogP contribution is -2.45. The minimum atomic E-state index is -1.02. The fourth-order valence-corrected chi connectivity index (χ4v) is 4.11. The van der Waals surface area contributed by atoms with Gasteiger partial charge in [0.15, 0.2) is 0 Å². The van der Waals surface area contributed by atoms with Crippen LogP contribution in [-0.4, -0.2) is 76.9 Å². The number of alkyl halides is 1. The second-order valence-electron chi connectivity index (χ2n) is 8.17. The number of nitrogens with one attached hydrogen (secondary N) is 3. The number of piperidine rings is 1. The predicted molar refractivity (Wildman–Crippen MR) is 116 cm³/mol. The zero-order valence-electron chi connectivity index (χ0n) is 17.4. The van der Waals surface area contributed by atoms with Crippen LogP contribution >= 0.6 is 0 Å². The number of benzene rings is 1. The van der Waals surface area contributed by atoms with Crippen LogP contribution in [0.25, 0.3) is 0 Å². The fraction of sp³-hybridized carbons (Fsp3) is 0.500. The normalized spacial score (nSPS) is 22.4. The number of amides is 1. The Labute approximate surface area is 181 Å². The van der Waals surface area contributed by atoms with Gasteiger partial charge in [-0.05, 0) is 30.5 Å². The van der Waals surface area contributed by atoms with Gasteiger partial charge >= 0.3 is 0 Å². The van der Waals surface area contributed by atoms with Crippen molar-refractivity contribution in [2.45, 2.75) is 37.7 Å². The van der Waals surface area contributed by atoms with Crippen molar-refractivity contribution in [2.24, 2.45) is 0 Å². The van der Waals surface area contributed by atoms with Gasteiger partial charge in [0.2, 0.25) is 0 Å². The molecule has 3 heterocycles.